The van der Waals surface area contributed by atoms with Gasteiger partial charge in [0.1, 0.15) is 0 Å². The van der Waals surface area contributed by atoms with E-state index < -0.39 is 0 Å². The lowest BCUT2D eigenvalue weighted by Gasteiger charge is -2.57. The van der Waals surface area contributed by atoms with Crippen LogP contribution in [-0.4, -0.2) is 11.6 Å². The van der Waals surface area contributed by atoms with E-state index in [4.69, 9.17) is 0 Å². The third kappa shape index (κ3) is 1.93. The van der Waals surface area contributed by atoms with Gasteiger partial charge in [0.15, 0.2) is 11.6 Å². The third-order valence-corrected chi connectivity index (χ3v) is 7.96. The van der Waals surface area contributed by atoms with Crippen LogP contribution in [0.5, 0.6) is 0 Å². The minimum atomic E-state index is 0.106. The highest BCUT2D eigenvalue weighted by Crippen LogP contribution is 2.65. The number of hydrogen-bond donors (Lipinski definition) is 0. The number of Topliss-reactive ketones (excluding diaryl/α,β-unsaturated/α-hetero) is 1. The standard InChI is InChI=1S/C21H28O2/c1-4-16-19(23)12-18-15-6-5-13-11-14(22)7-9-20(13,2)17(15)8-10-21(16,18)3/h4,11,15,17-18H,5-10,12H2,1-3H3/b16-4+/t15-,17+,18-,20-,21-/m0/s1. The van der Waals surface area contributed by atoms with Crippen LogP contribution < -0.4 is 0 Å². The zero-order valence-corrected chi connectivity index (χ0v) is 14.7. The first kappa shape index (κ1) is 15.4. The van der Waals surface area contributed by atoms with Gasteiger partial charge in [-0.15, -0.1) is 0 Å². The summed E-state index contributed by atoms with van der Waals surface area (Å²) in [6.45, 7) is 6.77. The number of carbonyl (C=O) groups excluding carboxylic acids is 2. The van der Waals surface area contributed by atoms with Crippen molar-refractivity contribution in [3.8, 4) is 0 Å². The van der Waals surface area contributed by atoms with Gasteiger partial charge >= 0.3 is 0 Å². The van der Waals surface area contributed by atoms with Gasteiger partial charge in [-0.1, -0.05) is 25.5 Å². The van der Waals surface area contributed by atoms with E-state index in [1.54, 1.807) is 0 Å². The van der Waals surface area contributed by atoms with Crippen LogP contribution in [0.25, 0.3) is 0 Å². The molecule has 0 bridgehead atoms. The Morgan fingerprint density at radius 1 is 1.04 bits per heavy atom. The van der Waals surface area contributed by atoms with Gasteiger partial charge < -0.3 is 0 Å². The molecule has 0 aromatic carbocycles. The zero-order chi connectivity index (χ0) is 16.4. The fourth-order valence-corrected chi connectivity index (χ4v) is 6.71. The summed E-state index contributed by atoms with van der Waals surface area (Å²) in [7, 11) is 0. The van der Waals surface area contributed by atoms with Crippen LogP contribution in [0.4, 0.5) is 0 Å². The highest BCUT2D eigenvalue weighted by atomic mass is 16.1. The van der Waals surface area contributed by atoms with Crippen LogP contribution in [0, 0.1) is 28.6 Å². The number of ketones is 2. The Bertz CT molecular complexity index is 640. The van der Waals surface area contributed by atoms with Gasteiger partial charge in [-0.05, 0) is 79.3 Å². The third-order valence-electron chi connectivity index (χ3n) is 7.96. The van der Waals surface area contributed by atoms with Crippen LogP contribution in [0.1, 0.15) is 65.7 Å². The average Bonchev–Trinajstić information content (AvgIpc) is 2.77. The molecule has 23 heavy (non-hydrogen) atoms. The Morgan fingerprint density at radius 3 is 2.57 bits per heavy atom. The number of allylic oxidation sites excluding steroid dienone is 3. The summed E-state index contributed by atoms with van der Waals surface area (Å²) in [5, 5.41) is 0. The molecule has 0 N–H and O–H groups in total. The largest absolute Gasteiger partial charge is 0.295 e. The molecule has 0 spiro atoms. The number of rotatable bonds is 0. The Hall–Kier alpha value is -1.18. The molecule has 0 radical (unpaired) electrons. The molecule has 4 aliphatic carbocycles. The molecule has 4 aliphatic rings. The summed E-state index contributed by atoms with van der Waals surface area (Å²) in [5.41, 5.74) is 2.83. The molecule has 124 valence electrons. The number of hydrogen-bond acceptors (Lipinski definition) is 2. The molecular formula is C21H28O2. The highest BCUT2D eigenvalue weighted by Gasteiger charge is 2.59. The quantitative estimate of drug-likeness (QED) is 0.610. The maximum absolute atomic E-state index is 12.5. The smallest absolute Gasteiger partial charge is 0.159 e. The molecule has 0 aliphatic heterocycles. The molecule has 0 saturated heterocycles. The van der Waals surface area contributed by atoms with Crippen LogP contribution in [-0.2, 0) is 9.59 Å². The van der Waals surface area contributed by atoms with Gasteiger partial charge in [0, 0.05) is 12.8 Å². The summed E-state index contributed by atoms with van der Waals surface area (Å²) in [5.74, 6) is 2.56. The van der Waals surface area contributed by atoms with Gasteiger partial charge in [-0.2, -0.15) is 0 Å². The van der Waals surface area contributed by atoms with Crippen molar-refractivity contribution in [1.82, 2.24) is 0 Å². The first-order valence-corrected chi connectivity index (χ1v) is 9.34. The SMILES string of the molecule is C/C=C1\C(=O)C[C@H]2[C@H]3CCC4=CC(=O)CC[C@]4(C)[C@@H]3CC[C@@]12C. The number of fused-ring (bicyclic) bond motifs is 5. The summed E-state index contributed by atoms with van der Waals surface area (Å²) >= 11 is 0. The predicted molar refractivity (Wildman–Crippen MR) is 90.9 cm³/mol. The molecule has 4 rings (SSSR count). The normalized spacial score (nSPS) is 47.9. The minimum Gasteiger partial charge on any atom is -0.295 e. The van der Waals surface area contributed by atoms with Crippen LogP contribution in [0.3, 0.4) is 0 Å². The zero-order valence-electron chi connectivity index (χ0n) is 14.7. The second-order valence-corrected chi connectivity index (χ2v) is 8.75. The Labute approximate surface area is 139 Å². The van der Waals surface area contributed by atoms with E-state index in [2.05, 4.69) is 19.9 Å². The predicted octanol–water partition coefficient (Wildman–Crippen LogP) is 4.64. The van der Waals surface area contributed by atoms with Crippen LogP contribution >= 0.6 is 0 Å². The lowest BCUT2D eigenvalue weighted by atomic mass is 9.47. The van der Waals surface area contributed by atoms with Crippen molar-refractivity contribution >= 4 is 11.6 Å². The van der Waals surface area contributed by atoms with Crippen molar-refractivity contribution in [2.24, 2.45) is 28.6 Å². The van der Waals surface area contributed by atoms with Crippen molar-refractivity contribution in [3.63, 3.8) is 0 Å². The average molecular weight is 312 g/mol. The Morgan fingerprint density at radius 2 is 1.83 bits per heavy atom. The lowest BCUT2D eigenvalue weighted by Crippen LogP contribution is -2.49. The van der Waals surface area contributed by atoms with E-state index in [1.165, 1.54) is 18.4 Å². The topological polar surface area (TPSA) is 34.1 Å². The fraction of sp³-hybridized carbons (Fsp3) is 0.714. The van der Waals surface area contributed by atoms with E-state index in [0.29, 0.717) is 35.7 Å². The fourth-order valence-electron chi connectivity index (χ4n) is 6.71. The first-order chi connectivity index (χ1) is 10.9. The van der Waals surface area contributed by atoms with Gasteiger partial charge in [-0.3, -0.25) is 9.59 Å². The summed E-state index contributed by atoms with van der Waals surface area (Å²) in [4.78, 5) is 24.4. The summed E-state index contributed by atoms with van der Waals surface area (Å²) in [6.07, 6.45) is 11.1. The number of carbonyl (C=O) groups is 2. The van der Waals surface area contributed by atoms with E-state index in [1.807, 2.05) is 13.0 Å². The Balaban J connectivity index is 1.72. The summed E-state index contributed by atoms with van der Waals surface area (Å²) < 4.78 is 0. The van der Waals surface area contributed by atoms with Crippen LogP contribution in [0.2, 0.25) is 0 Å². The second-order valence-electron chi connectivity index (χ2n) is 8.75. The minimum absolute atomic E-state index is 0.106. The van der Waals surface area contributed by atoms with Crippen molar-refractivity contribution < 1.29 is 9.59 Å². The highest BCUT2D eigenvalue weighted by molar-refractivity contribution is 5.99. The molecule has 0 amide bonds. The molecule has 3 fully saturated rings. The monoisotopic (exact) mass is 312 g/mol. The maximum Gasteiger partial charge on any atom is 0.159 e. The molecule has 3 saturated carbocycles. The molecular weight excluding hydrogens is 284 g/mol. The van der Waals surface area contributed by atoms with Crippen molar-refractivity contribution in [3.05, 3.63) is 23.3 Å². The molecule has 0 aromatic rings. The Kier molecular flexibility index (Phi) is 3.28. The molecule has 0 heterocycles. The van der Waals surface area contributed by atoms with Crippen LogP contribution in [0.15, 0.2) is 23.3 Å². The van der Waals surface area contributed by atoms with Crippen molar-refractivity contribution in [2.45, 2.75) is 65.7 Å². The van der Waals surface area contributed by atoms with Crippen molar-refractivity contribution in [1.29, 1.82) is 0 Å². The van der Waals surface area contributed by atoms with Gasteiger partial charge in [0.2, 0.25) is 0 Å². The van der Waals surface area contributed by atoms with Gasteiger partial charge in [-0.25, -0.2) is 0 Å². The molecule has 0 unspecified atom stereocenters. The van der Waals surface area contributed by atoms with Gasteiger partial charge in [0.25, 0.3) is 0 Å². The van der Waals surface area contributed by atoms with E-state index >= 15 is 0 Å². The van der Waals surface area contributed by atoms with Crippen molar-refractivity contribution in [2.75, 3.05) is 0 Å². The first-order valence-electron chi connectivity index (χ1n) is 9.34. The molecule has 2 heteroatoms. The van der Waals surface area contributed by atoms with E-state index in [0.717, 1.165) is 31.3 Å². The summed E-state index contributed by atoms with van der Waals surface area (Å²) in [6, 6.07) is 0. The lowest BCUT2D eigenvalue weighted by molar-refractivity contribution is -0.117. The van der Waals surface area contributed by atoms with E-state index in [9.17, 15) is 9.59 Å². The molecule has 0 aromatic heterocycles. The molecule has 5 atom stereocenters. The maximum atomic E-state index is 12.5. The molecule has 2 nitrogen and oxygen atoms in total. The second kappa shape index (κ2) is 4.91. The van der Waals surface area contributed by atoms with Gasteiger partial charge in [0.05, 0.1) is 0 Å². The van der Waals surface area contributed by atoms with E-state index in [-0.39, 0.29) is 10.8 Å².